The highest BCUT2D eigenvalue weighted by molar-refractivity contribution is 8.19. The number of methoxy groups -OCH3 is 2. The number of rotatable bonds is 8. The van der Waals surface area contributed by atoms with E-state index in [1.54, 1.807) is 31.4 Å². The summed E-state index contributed by atoms with van der Waals surface area (Å²) in [5.74, 6) is 3.18. The molecule has 29 heavy (non-hydrogen) atoms. The molecule has 1 aliphatic heterocycles. The van der Waals surface area contributed by atoms with Crippen LogP contribution in [0.3, 0.4) is 0 Å². The van der Waals surface area contributed by atoms with Gasteiger partial charge in [-0.15, -0.1) is 23.5 Å². The zero-order valence-corrected chi connectivity index (χ0v) is 18.1. The van der Waals surface area contributed by atoms with Crippen molar-refractivity contribution in [2.24, 2.45) is 0 Å². The first-order valence-electron chi connectivity index (χ1n) is 8.95. The van der Waals surface area contributed by atoms with Crippen molar-refractivity contribution in [2.75, 3.05) is 32.3 Å². The highest BCUT2D eigenvalue weighted by Gasteiger charge is 2.21. The summed E-state index contributed by atoms with van der Waals surface area (Å²) in [6.07, 6.45) is 0. The fourth-order valence-electron chi connectivity index (χ4n) is 2.76. The lowest BCUT2D eigenvalue weighted by molar-refractivity contribution is -0.136. The molecule has 1 saturated heterocycles. The van der Waals surface area contributed by atoms with Crippen molar-refractivity contribution in [1.82, 2.24) is 0 Å². The molecule has 0 atom stereocenters. The number of benzene rings is 2. The van der Waals surface area contributed by atoms with Crippen LogP contribution in [0.15, 0.2) is 36.4 Å². The third kappa shape index (κ3) is 5.39. The Kier molecular flexibility index (Phi) is 7.33. The van der Waals surface area contributed by atoms with Gasteiger partial charge in [-0.1, -0.05) is 6.07 Å². The summed E-state index contributed by atoms with van der Waals surface area (Å²) in [4.78, 5) is 23.7. The molecule has 3 rings (SSSR count). The summed E-state index contributed by atoms with van der Waals surface area (Å²) in [6.45, 7) is 1.16. The van der Waals surface area contributed by atoms with Crippen LogP contribution < -0.4 is 18.9 Å². The molecule has 1 fully saturated rings. The second-order valence-corrected chi connectivity index (χ2v) is 8.89. The van der Waals surface area contributed by atoms with E-state index in [9.17, 15) is 9.59 Å². The first kappa shape index (κ1) is 21.4. The molecule has 0 spiro atoms. The number of carbonyl (C=O) groups excluding carboxylic acids is 2. The van der Waals surface area contributed by atoms with Crippen LogP contribution in [0.25, 0.3) is 0 Å². The first-order valence-corrected chi connectivity index (χ1v) is 11.0. The molecule has 0 bridgehead atoms. The Hall–Kier alpha value is -2.32. The number of hydrogen-bond donors (Lipinski definition) is 0. The molecule has 0 aliphatic carbocycles. The van der Waals surface area contributed by atoms with Crippen LogP contribution >= 0.6 is 23.5 Å². The first-order chi connectivity index (χ1) is 14.0. The molecule has 2 aromatic carbocycles. The van der Waals surface area contributed by atoms with Crippen molar-refractivity contribution < 1.29 is 28.5 Å². The average molecular weight is 435 g/mol. The SMILES string of the molecule is COc1cc(C(C)=O)ccc1OCC(=O)Oc1ccc(C2SCCS2)cc1OC. The normalized spacial score (nSPS) is 13.8. The van der Waals surface area contributed by atoms with Gasteiger partial charge in [0.15, 0.2) is 35.4 Å². The second kappa shape index (κ2) is 9.93. The van der Waals surface area contributed by atoms with Gasteiger partial charge in [0.05, 0.1) is 18.8 Å². The zero-order chi connectivity index (χ0) is 20.8. The largest absolute Gasteiger partial charge is 0.493 e. The molecule has 1 aliphatic rings. The van der Waals surface area contributed by atoms with Gasteiger partial charge in [0, 0.05) is 17.1 Å². The second-order valence-electron chi connectivity index (χ2n) is 6.17. The molecule has 0 saturated carbocycles. The number of esters is 1. The fourth-order valence-corrected chi connectivity index (χ4v) is 5.60. The van der Waals surface area contributed by atoms with Crippen molar-refractivity contribution >= 4 is 35.3 Å². The highest BCUT2D eigenvalue weighted by atomic mass is 32.2. The van der Waals surface area contributed by atoms with Crippen LogP contribution in [0.1, 0.15) is 27.4 Å². The van der Waals surface area contributed by atoms with Gasteiger partial charge in [-0.25, -0.2) is 4.79 Å². The molecule has 0 radical (unpaired) electrons. The van der Waals surface area contributed by atoms with Crippen LogP contribution in [0, 0.1) is 0 Å². The Labute approximate surface area is 178 Å². The predicted molar refractivity (Wildman–Crippen MR) is 115 cm³/mol. The quantitative estimate of drug-likeness (QED) is 0.345. The summed E-state index contributed by atoms with van der Waals surface area (Å²) in [7, 11) is 3.01. The smallest absolute Gasteiger partial charge is 0.349 e. The lowest BCUT2D eigenvalue weighted by atomic mass is 10.1. The average Bonchev–Trinajstić information content (AvgIpc) is 3.27. The maximum absolute atomic E-state index is 12.3. The number of Topliss-reactive ketones (excluding diaryl/α,β-unsaturated/α-hetero) is 1. The maximum atomic E-state index is 12.3. The number of thioether (sulfide) groups is 2. The minimum atomic E-state index is -0.571. The Morgan fingerprint density at radius 3 is 2.24 bits per heavy atom. The Morgan fingerprint density at radius 2 is 1.59 bits per heavy atom. The minimum Gasteiger partial charge on any atom is -0.493 e. The van der Waals surface area contributed by atoms with Crippen molar-refractivity contribution in [3.05, 3.63) is 47.5 Å². The van der Waals surface area contributed by atoms with Gasteiger partial charge < -0.3 is 18.9 Å². The number of ether oxygens (including phenoxy) is 4. The van der Waals surface area contributed by atoms with Gasteiger partial charge in [-0.05, 0) is 42.8 Å². The molecular weight excluding hydrogens is 412 g/mol. The van der Waals surface area contributed by atoms with Gasteiger partial charge in [-0.2, -0.15) is 0 Å². The van der Waals surface area contributed by atoms with Gasteiger partial charge in [-0.3, -0.25) is 4.79 Å². The third-order valence-electron chi connectivity index (χ3n) is 4.22. The van der Waals surface area contributed by atoms with E-state index in [0.29, 0.717) is 33.1 Å². The van der Waals surface area contributed by atoms with Crippen molar-refractivity contribution in [2.45, 2.75) is 11.5 Å². The lowest BCUT2D eigenvalue weighted by Crippen LogP contribution is -2.18. The van der Waals surface area contributed by atoms with E-state index in [1.165, 1.54) is 14.0 Å². The van der Waals surface area contributed by atoms with Crippen LogP contribution in [-0.4, -0.2) is 44.1 Å². The molecule has 8 heteroatoms. The maximum Gasteiger partial charge on any atom is 0.349 e. The molecule has 2 aromatic rings. The summed E-state index contributed by atoms with van der Waals surface area (Å²) < 4.78 is 21.9. The van der Waals surface area contributed by atoms with E-state index in [2.05, 4.69) is 0 Å². The van der Waals surface area contributed by atoms with Gasteiger partial charge in [0.1, 0.15) is 0 Å². The van der Waals surface area contributed by atoms with Crippen molar-refractivity contribution in [3.8, 4) is 23.0 Å². The monoisotopic (exact) mass is 434 g/mol. The van der Waals surface area contributed by atoms with E-state index in [0.717, 1.165) is 17.1 Å². The molecule has 6 nitrogen and oxygen atoms in total. The molecule has 0 aromatic heterocycles. The summed E-state index contributed by atoms with van der Waals surface area (Å²) >= 11 is 3.79. The molecular formula is C21H22O6S2. The van der Waals surface area contributed by atoms with E-state index < -0.39 is 5.97 Å². The summed E-state index contributed by atoms with van der Waals surface area (Å²) in [5, 5.41) is 0. The van der Waals surface area contributed by atoms with E-state index in [4.69, 9.17) is 18.9 Å². The highest BCUT2D eigenvalue weighted by Crippen LogP contribution is 2.46. The van der Waals surface area contributed by atoms with Crippen LogP contribution in [0.2, 0.25) is 0 Å². The van der Waals surface area contributed by atoms with E-state index >= 15 is 0 Å². The fraction of sp³-hybridized carbons (Fsp3) is 0.333. The van der Waals surface area contributed by atoms with Gasteiger partial charge >= 0.3 is 5.97 Å². The van der Waals surface area contributed by atoms with Gasteiger partial charge in [0.2, 0.25) is 0 Å². The topological polar surface area (TPSA) is 71.1 Å². The third-order valence-corrected chi connectivity index (χ3v) is 7.33. The van der Waals surface area contributed by atoms with Crippen LogP contribution in [0.4, 0.5) is 0 Å². The molecule has 0 amide bonds. The summed E-state index contributed by atoms with van der Waals surface area (Å²) in [5.41, 5.74) is 1.64. The van der Waals surface area contributed by atoms with Crippen molar-refractivity contribution in [3.63, 3.8) is 0 Å². The molecule has 0 unspecified atom stereocenters. The summed E-state index contributed by atoms with van der Waals surface area (Å²) in [6, 6.07) is 10.4. The number of carbonyl (C=O) groups is 2. The van der Waals surface area contributed by atoms with Crippen LogP contribution in [-0.2, 0) is 4.79 Å². The zero-order valence-electron chi connectivity index (χ0n) is 16.4. The molecule has 0 N–H and O–H groups in total. The Bertz CT molecular complexity index is 893. The molecule has 154 valence electrons. The van der Waals surface area contributed by atoms with E-state index in [-0.39, 0.29) is 12.4 Å². The standard InChI is InChI=1S/C21H22O6S2/c1-13(22)14-4-6-16(18(10-14)24-2)26-12-20(23)27-17-7-5-15(11-19(17)25-3)21-28-8-9-29-21/h4-7,10-11,21H,8-9,12H2,1-3H3. The number of hydrogen-bond acceptors (Lipinski definition) is 8. The lowest BCUT2D eigenvalue weighted by Gasteiger charge is -2.14. The van der Waals surface area contributed by atoms with Crippen LogP contribution in [0.5, 0.6) is 23.0 Å². The minimum absolute atomic E-state index is 0.0841. The van der Waals surface area contributed by atoms with Crippen molar-refractivity contribution in [1.29, 1.82) is 0 Å². The Balaban J connectivity index is 1.64. The number of ketones is 1. The van der Waals surface area contributed by atoms with Gasteiger partial charge in [0.25, 0.3) is 0 Å². The van der Waals surface area contributed by atoms with E-state index in [1.807, 2.05) is 35.7 Å². The predicted octanol–water partition coefficient (Wildman–Crippen LogP) is 4.37. The Morgan fingerprint density at radius 1 is 0.931 bits per heavy atom. The molecule has 1 heterocycles.